The zero-order chi connectivity index (χ0) is 23.2. The number of carbonyl (C=O) groups is 2. The Morgan fingerprint density at radius 3 is 2.19 bits per heavy atom. The minimum atomic E-state index is -3.78. The third-order valence-electron chi connectivity index (χ3n) is 4.60. The van der Waals surface area contributed by atoms with Crippen LogP contribution >= 0.6 is 11.6 Å². The fraction of sp³-hybridized carbons (Fsp3) is 0.364. The first-order valence-electron chi connectivity index (χ1n) is 9.93. The molecule has 0 heterocycles. The SMILES string of the molecule is CCOc1ccc(C(=O)[C@@H](C)OC(=O)c2cc(S(=O)(=O)N(CC)CC)ccc2Cl)cc1. The highest BCUT2D eigenvalue weighted by Crippen LogP contribution is 2.24. The lowest BCUT2D eigenvalue weighted by molar-refractivity contribution is 0.0318. The monoisotopic (exact) mass is 467 g/mol. The fourth-order valence-electron chi connectivity index (χ4n) is 2.93. The molecule has 0 saturated carbocycles. The minimum Gasteiger partial charge on any atom is -0.494 e. The summed E-state index contributed by atoms with van der Waals surface area (Å²) in [5.74, 6) is -0.658. The van der Waals surface area contributed by atoms with Gasteiger partial charge in [0.05, 0.1) is 22.1 Å². The van der Waals surface area contributed by atoms with Crippen LogP contribution in [0, 0.1) is 0 Å². The molecule has 0 aromatic heterocycles. The smallest absolute Gasteiger partial charge is 0.340 e. The molecule has 0 amide bonds. The quantitative estimate of drug-likeness (QED) is 0.384. The molecule has 0 saturated heterocycles. The van der Waals surface area contributed by atoms with Crippen LogP contribution < -0.4 is 4.74 Å². The maximum Gasteiger partial charge on any atom is 0.340 e. The molecule has 0 unspecified atom stereocenters. The number of hydrogen-bond donors (Lipinski definition) is 0. The van der Waals surface area contributed by atoms with E-state index in [-0.39, 0.29) is 28.6 Å². The summed E-state index contributed by atoms with van der Waals surface area (Å²) in [4.78, 5) is 25.2. The highest BCUT2D eigenvalue weighted by molar-refractivity contribution is 7.89. The summed E-state index contributed by atoms with van der Waals surface area (Å²) in [7, 11) is -3.78. The molecule has 0 aliphatic rings. The van der Waals surface area contributed by atoms with Gasteiger partial charge in [-0.05, 0) is 56.3 Å². The Kier molecular flexibility index (Phi) is 8.61. The zero-order valence-electron chi connectivity index (χ0n) is 17.9. The fourth-order valence-corrected chi connectivity index (χ4v) is 4.61. The van der Waals surface area contributed by atoms with Gasteiger partial charge in [-0.1, -0.05) is 25.4 Å². The van der Waals surface area contributed by atoms with E-state index in [4.69, 9.17) is 21.1 Å². The zero-order valence-corrected chi connectivity index (χ0v) is 19.5. The molecule has 9 heteroatoms. The van der Waals surface area contributed by atoms with E-state index < -0.39 is 27.9 Å². The summed E-state index contributed by atoms with van der Waals surface area (Å²) >= 11 is 6.11. The van der Waals surface area contributed by atoms with E-state index in [0.29, 0.717) is 17.9 Å². The van der Waals surface area contributed by atoms with E-state index in [1.807, 2.05) is 6.92 Å². The van der Waals surface area contributed by atoms with Crippen LogP contribution in [0.2, 0.25) is 5.02 Å². The summed E-state index contributed by atoms with van der Waals surface area (Å²) < 4.78 is 37.4. The number of Topliss-reactive ketones (excluding diaryl/α,β-unsaturated/α-hetero) is 1. The van der Waals surface area contributed by atoms with Crippen molar-refractivity contribution in [1.29, 1.82) is 0 Å². The summed E-state index contributed by atoms with van der Waals surface area (Å²) in [5, 5.41) is 0.0317. The average molecular weight is 468 g/mol. The van der Waals surface area contributed by atoms with Crippen molar-refractivity contribution in [2.75, 3.05) is 19.7 Å². The van der Waals surface area contributed by atoms with Gasteiger partial charge in [-0.3, -0.25) is 4.79 Å². The summed E-state index contributed by atoms with van der Waals surface area (Å²) in [6.07, 6.45) is -1.09. The van der Waals surface area contributed by atoms with Crippen molar-refractivity contribution in [3.05, 3.63) is 58.6 Å². The van der Waals surface area contributed by atoms with Gasteiger partial charge in [0.1, 0.15) is 5.75 Å². The van der Waals surface area contributed by atoms with Gasteiger partial charge < -0.3 is 9.47 Å². The average Bonchev–Trinajstić information content (AvgIpc) is 2.74. The molecule has 0 bridgehead atoms. The number of benzene rings is 2. The van der Waals surface area contributed by atoms with Gasteiger partial charge in [-0.2, -0.15) is 4.31 Å². The first-order chi connectivity index (χ1) is 14.6. The van der Waals surface area contributed by atoms with Gasteiger partial charge >= 0.3 is 5.97 Å². The highest BCUT2D eigenvalue weighted by atomic mass is 35.5. The van der Waals surface area contributed by atoms with Crippen LogP contribution in [0.25, 0.3) is 0 Å². The van der Waals surface area contributed by atoms with E-state index in [1.165, 1.54) is 29.4 Å². The first-order valence-corrected chi connectivity index (χ1v) is 11.7. The lowest BCUT2D eigenvalue weighted by Gasteiger charge is -2.19. The van der Waals surface area contributed by atoms with Gasteiger partial charge in [0.25, 0.3) is 0 Å². The maximum absolute atomic E-state index is 12.7. The maximum atomic E-state index is 12.7. The van der Waals surface area contributed by atoms with Crippen molar-refractivity contribution < 1.29 is 27.5 Å². The lowest BCUT2D eigenvalue weighted by atomic mass is 10.1. The number of nitrogens with zero attached hydrogens (tertiary/aromatic N) is 1. The molecule has 31 heavy (non-hydrogen) atoms. The van der Waals surface area contributed by atoms with Crippen molar-refractivity contribution in [2.24, 2.45) is 0 Å². The second-order valence-electron chi connectivity index (χ2n) is 6.60. The molecule has 0 spiro atoms. The van der Waals surface area contributed by atoms with E-state index in [9.17, 15) is 18.0 Å². The van der Waals surface area contributed by atoms with Crippen molar-refractivity contribution in [1.82, 2.24) is 4.31 Å². The van der Waals surface area contributed by atoms with Crippen LogP contribution in [0.3, 0.4) is 0 Å². The van der Waals surface area contributed by atoms with Crippen LogP contribution in [-0.4, -0.2) is 50.3 Å². The number of ketones is 1. The lowest BCUT2D eigenvalue weighted by Crippen LogP contribution is -2.31. The Bertz CT molecular complexity index is 1030. The predicted octanol–water partition coefficient (Wildman–Crippen LogP) is 4.20. The van der Waals surface area contributed by atoms with Crippen LogP contribution in [-0.2, 0) is 14.8 Å². The number of esters is 1. The molecule has 0 aliphatic carbocycles. The minimum absolute atomic E-state index is 0.0317. The molecule has 0 fully saturated rings. The van der Waals surface area contributed by atoms with Crippen molar-refractivity contribution in [3.8, 4) is 5.75 Å². The summed E-state index contributed by atoms with van der Waals surface area (Å²) in [6, 6.07) is 10.3. The summed E-state index contributed by atoms with van der Waals surface area (Å²) in [6.45, 7) is 7.82. The Morgan fingerprint density at radius 1 is 1.03 bits per heavy atom. The third kappa shape index (κ3) is 5.84. The van der Waals surface area contributed by atoms with Gasteiger partial charge in [0.15, 0.2) is 6.10 Å². The van der Waals surface area contributed by atoms with Crippen LogP contribution in [0.4, 0.5) is 0 Å². The predicted molar refractivity (Wildman–Crippen MR) is 118 cm³/mol. The molecule has 2 aromatic rings. The number of carbonyl (C=O) groups excluding carboxylic acids is 2. The van der Waals surface area contributed by atoms with Gasteiger partial charge in [-0.15, -0.1) is 0 Å². The number of ether oxygens (including phenoxy) is 2. The number of sulfonamides is 1. The molecule has 0 radical (unpaired) electrons. The second kappa shape index (κ2) is 10.7. The van der Waals surface area contributed by atoms with Gasteiger partial charge in [0, 0.05) is 18.7 Å². The van der Waals surface area contributed by atoms with Gasteiger partial charge in [-0.25, -0.2) is 13.2 Å². The molecule has 0 N–H and O–H groups in total. The Morgan fingerprint density at radius 2 is 1.65 bits per heavy atom. The number of halogens is 1. The Hall–Kier alpha value is -2.42. The van der Waals surface area contributed by atoms with Crippen LogP contribution in [0.15, 0.2) is 47.4 Å². The summed E-state index contributed by atoms with van der Waals surface area (Å²) in [5.41, 5.74) is 0.231. The molecule has 1 atom stereocenters. The largest absolute Gasteiger partial charge is 0.494 e. The molecule has 2 rings (SSSR count). The Labute approximate surface area is 188 Å². The standard InChI is InChI=1S/C22H26ClNO6S/c1-5-24(6-2)31(27,28)18-12-13-20(23)19(14-18)22(26)30-15(4)21(25)16-8-10-17(11-9-16)29-7-3/h8-15H,5-7H2,1-4H3/t15-/m1/s1. The van der Waals surface area contributed by atoms with Gasteiger partial charge in [0.2, 0.25) is 15.8 Å². The molecule has 168 valence electrons. The van der Waals surface area contributed by atoms with E-state index in [0.717, 1.165) is 0 Å². The van der Waals surface area contributed by atoms with Crippen molar-refractivity contribution in [2.45, 2.75) is 38.7 Å². The highest BCUT2D eigenvalue weighted by Gasteiger charge is 2.26. The first kappa shape index (κ1) is 24.8. The van der Waals surface area contributed by atoms with E-state index >= 15 is 0 Å². The second-order valence-corrected chi connectivity index (χ2v) is 8.95. The van der Waals surface area contributed by atoms with E-state index in [1.54, 1.807) is 38.1 Å². The number of rotatable bonds is 10. The molecule has 7 nitrogen and oxygen atoms in total. The van der Waals surface area contributed by atoms with Crippen molar-refractivity contribution >= 4 is 33.4 Å². The normalized spacial score (nSPS) is 12.5. The van der Waals surface area contributed by atoms with E-state index in [2.05, 4.69) is 0 Å². The topological polar surface area (TPSA) is 90.0 Å². The molecular formula is C22H26ClNO6S. The van der Waals surface area contributed by atoms with Crippen LogP contribution in [0.1, 0.15) is 48.4 Å². The van der Waals surface area contributed by atoms with Crippen LogP contribution in [0.5, 0.6) is 5.75 Å². The number of hydrogen-bond acceptors (Lipinski definition) is 6. The van der Waals surface area contributed by atoms with Crippen molar-refractivity contribution in [3.63, 3.8) is 0 Å². The third-order valence-corrected chi connectivity index (χ3v) is 6.98. The molecular weight excluding hydrogens is 442 g/mol. The molecule has 0 aliphatic heterocycles. The molecule has 2 aromatic carbocycles. The Balaban J connectivity index is 2.22.